The number of nitrogens with zero attached hydrogens (tertiary/aromatic N) is 2. The molecule has 0 saturated carbocycles. The van der Waals surface area contributed by atoms with Crippen molar-refractivity contribution in [2.45, 2.75) is 32.6 Å². The second-order valence-corrected chi connectivity index (χ2v) is 10.3. The van der Waals surface area contributed by atoms with E-state index in [1.165, 1.54) is 10.9 Å². The largest absolute Gasteiger partial charge is 0.268 e. The lowest BCUT2D eigenvalue weighted by Crippen LogP contribution is -2.14. The first-order chi connectivity index (χ1) is 18.7. The first kappa shape index (κ1) is 22.7. The molecule has 0 aliphatic rings. The van der Waals surface area contributed by atoms with Gasteiger partial charge >= 0.3 is 0 Å². The lowest BCUT2D eigenvalue weighted by atomic mass is 9.89. The molecule has 0 aliphatic heterocycles. The molecule has 0 aliphatic carbocycles. The van der Waals surface area contributed by atoms with Crippen LogP contribution in [0.5, 0.6) is 0 Å². The third kappa shape index (κ3) is 3.35. The van der Waals surface area contributed by atoms with Crippen LogP contribution in [-0.2, 0) is 0 Å². The van der Waals surface area contributed by atoms with Gasteiger partial charge in [0.1, 0.15) is 5.65 Å². The van der Waals surface area contributed by atoms with Gasteiger partial charge in [-0.1, -0.05) is 105 Å². The molecule has 2 heterocycles. The van der Waals surface area contributed by atoms with Crippen LogP contribution < -0.4 is 5.56 Å². The van der Waals surface area contributed by atoms with Gasteiger partial charge in [-0.3, -0.25) is 9.20 Å². The summed E-state index contributed by atoms with van der Waals surface area (Å²) in [5.41, 5.74) is 8.02. The van der Waals surface area contributed by atoms with Crippen LogP contribution in [0.15, 0.2) is 108 Å². The lowest BCUT2D eigenvalue weighted by Gasteiger charge is -2.16. The number of rotatable bonds is 5. The maximum absolute atomic E-state index is 14.2. The zero-order valence-corrected chi connectivity index (χ0v) is 21.6. The summed E-state index contributed by atoms with van der Waals surface area (Å²) in [6.45, 7) is 4.51. The quantitative estimate of drug-likeness (QED) is 0.240. The highest BCUT2D eigenvalue weighted by Crippen LogP contribution is 2.38. The molecular formula is C35H28N2O. The number of hydrogen-bond acceptors (Lipinski definition) is 2. The number of pyridine rings is 1. The smallest absolute Gasteiger partial charge is 0.264 e. The first-order valence-corrected chi connectivity index (χ1v) is 13.4. The van der Waals surface area contributed by atoms with E-state index in [0.29, 0.717) is 5.92 Å². The van der Waals surface area contributed by atoms with E-state index in [-0.39, 0.29) is 5.56 Å². The first-order valence-electron chi connectivity index (χ1n) is 13.4. The van der Waals surface area contributed by atoms with Crippen LogP contribution in [0.1, 0.15) is 38.2 Å². The molecule has 1 atom stereocenters. The highest BCUT2D eigenvalue weighted by atomic mass is 16.1. The van der Waals surface area contributed by atoms with E-state index in [2.05, 4.69) is 86.6 Å². The summed E-state index contributed by atoms with van der Waals surface area (Å²) in [6, 6.07) is 35.6. The van der Waals surface area contributed by atoms with Crippen molar-refractivity contribution >= 4 is 38.2 Å². The average Bonchev–Trinajstić information content (AvgIpc) is 3.36. The molecule has 0 saturated heterocycles. The number of imidazole rings is 1. The minimum Gasteiger partial charge on any atom is -0.268 e. The standard InChI is InChI=1S/C35H28N2O/c1-3-11-22(2)26-18-19-29-32-27(26)16-10-17-28(32)34-36-31-21-25(23-12-6-4-7-13-23)20-30(24-14-8-5-9-15-24)33(31)37(34)35(29)38/h4-10,12-22H,3,11H2,1-2H3. The van der Waals surface area contributed by atoms with Crippen molar-refractivity contribution in [3.63, 3.8) is 0 Å². The lowest BCUT2D eigenvalue weighted by molar-refractivity contribution is 0.669. The maximum Gasteiger partial charge on any atom is 0.264 e. The summed E-state index contributed by atoms with van der Waals surface area (Å²) in [6.07, 6.45) is 2.25. The maximum atomic E-state index is 14.2. The van der Waals surface area contributed by atoms with Gasteiger partial charge in [0.15, 0.2) is 0 Å². The van der Waals surface area contributed by atoms with Gasteiger partial charge in [-0.05, 0) is 58.2 Å². The molecule has 184 valence electrons. The zero-order chi connectivity index (χ0) is 25.8. The van der Waals surface area contributed by atoms with Crippen LogP contribution in [0, 0.1) is 0 Å². The van der Waals surface area contributed by atoms with Gasteiger partial charge in [-0.15, -0.1) is 0 Å². The molecule has 0 radical (unpaired) electrons. The number of benzene rings is 5. The minimum absolute atomic E-state index is 0.00876. The van der Waals surface area contributed by atoms with E-state index in [1.807, 2.05) is 34.7 Å². The van der Waals surface area contributed by atoms with Crippen LogP contribution in [0.4, 0.5) is 0 Å². The minimum atomic E-state index is -0.00876. The van der Waals surface area contributed by atoms with E-state index in [1.54, 1.807) is 0 Å². The van der Waals surface area contributed by atoms with Crippen LogP contribution in [-0.4, -0.2) is 9.38 Å². The fourth-order valence-corrected chi connectivity index (χ4v) is 6.16. The summed E-state index contributed by atoms with van der Waals surface area (Å²) in [4.78, 5) is 19.4. The van der Waals surface area contributed by atoms with Gasteiger partial charge in [-0.25, -0.2) is 4.98 Å². The van der Waals surface area contributed by atoms with Crippen LogP contribution in [0.25, 0.3) is 60.5 Å². The summed E-state index contributed by atoms with van der Waals surface area (Å²) < 4.78 is 1.85. The van der Waals surface area contributed by atoms with Gasteiger partial charge in [0, 0.05) is 21.7 Å². The van der Waals surface area contributed by atoms with Crippen molar-refractivity contribution < 1.29 is 0 Å². The van der Waals surface area contributed by atoms with E-state index < -0.39 is 0 Å². The fourth-order valence-electron chi connectivity index (χ4n) is 6.16. The van der Waals surface area contributed by atoms with Crippen LogP contribution in [0.2, 0.25) is 0 Å². The SMILES string of the molecule is CCCC(C)c1ccc2c(=O)n3c(nc4cc(-c5ccccc5)cc(-c5ccccc5)c43)c3cccc1c23. The summed E-state index contributed by atoms with van der Waals surface area (Å²) >= 11 is 0. The van der Waals surface area contributed by atoms with Gasteiger partial charge in [0.25, 0.3) is 5.56 Å². The topological polar surface area (TPSA) is 34.4 Å². The Hall–Kier alpha value is -4.50. The van der Waals surface area contributed by atoms with E-state index in [9.17, 15) is 4.79 Å². The summed E-state index contributed by atoms with van der Waals surface area (Å²) in [7, 11) is 0. The van der Waals surface area contributed by atoms with Crippen molar-refractivity contribution in [3.8, 4) is 22.3 Å². The van der Waals surface area contributed by atoms with Crippen molar-refractivity contribution in [1.29, 1.82) is 0 Å². The van der Waals surface area contributed by atoms with Gasteiger partial charge < -0.3 is 0 Å². The number of aromatic nitrogens is 2. The Morgan fingerprint density at radius 1 is 0.737 bits per heavy atom. The van der Waals surface area contributed by atoms with Crippen molar-refractivity contribution in [1.82, 2.24) is 9.38 Å². The summed E-state index contributed by atoms with van der Waals surface area (Å²) in [5.74, 6) is 0.429. The molecule has 7 aromatic rings. The molecule has 0 N–H and O–H groups in total. The second kappa shape index (κ2) is 8.81. The van der Waals surface area contributed by atoms with Gasteiger partial charge in [0.05, 0.1) is 11.0 Å². The molecule has 0 bridgehead atoms. The predicted molar refractivity (Wildman–Crippen MR) is 159 cm³/mol. The van der Waals surface area contributed by atoms with Crippen LogP contribution >= 0.6 is 0 Å². The Labute approximate surface area is 221 Å². The average molecular weight is 493 g/mol. The molecule has 0 spiro atoms. The van der Waals surface area contributed by atoms with Crippen molar-refractivity contribution in [2.24, 2.45) is 0 Å². The van der Waals surface area contributed by atoms with E-state index in [0.717, 1.165) is 67.9 Å². The summed E-state index contributed by atoms with van der Waals surface area (Å²) in [5, 5.41) is 3.98. The zero-order valence-electron chi connectivity index (χ0n) is 21.6. The monoisotopic (exact) mass is 492 g/mol. The second-order valence-electron chi connectivity index (χ2n) is 10.3. The highest BCUT2D eigenvalue weighted by molar-refractivity contribution is 6.17. The van der Waals surface area contributed by atoms with Gasteiger partial charge in [-0.2, -0.15) is 0 Å². The molecule has 0 amide bonds. The Morgan fingerprint density at radius 2 is 1.45 bits per heavy atom. The molecule has 5 aromatic carbocycles. The Balaban J connectivity index is 1.64. The fraction of sp³-hybridized carbons (Fsp3) is 0.143. The van der Waals surface area contributed by atoms with Crippen LogP contribution in [0.3, 0.4) is 0 Å². The van der Waals surface area contributed by atoms with E-state index in [4.69, 9.17) is 4.98 Å². The third-order valence-corrected chi connectivity index (χ3v) is 7.94. The molecule has 7 rings (SSSR count). The van der Waals surface area contributed by atoms with Crippen molar-refractivity contribution in [2.75, 3.05) is 0 Å². The molecule has 2 aromatic heterocycles. The van der Waals surface area contributed by atoms with Crippen molar-refractivity contribution in [3.05, 3.63) is 119 Å². The Kier molecular flexibility index (Phi) is 5.26. The highest BCUT2D eigenvalue weighted by Gasteiger charge is 2.21. The van der Waals surface area contributed by atoms with Gasteiger partial charge in [0.2, 0.25) is 0 Å². The number of fused-ring (bicyclic) bond motifs is 4. The Bertz CT molecular complexity index is 2010. The molecule has 3 heteroatoms. The molecule has 38 heavy (non-hydrogen) atoms. The predicted octanol–water partition coefficient (Wildman–Crippen LogP) is 8.83. The third-order valence-electron chi connectivity index (χ3n) is 7.94. The normalized spacial score (nSPS) is 12.7. The Morgan fingerprint density at radius 3 is 2.18 bits per heavy atom. The molecular weight excluding hydrogens is 464 g/mol. The van der Waals surface area contributed by atoms with E-state index >= 15 is 0 Å². The molecule has 1 unspecified atom stereocenters. The molecule has 0 fully saturated rings. The molecule has 3 nitrogen and oxygen atoms in total. The number of hydrogen-bond donors (Lipinski definition) is 0.